The van der Waals surface area contributed by atoms with Crippen molar-refractivity contribution in [1.82, 2.24) is 13.1 Å². The first kappa shape index (κ1) is 24.0. The molecule has 32 heavy (non-hydrogen) atoms. The van der Waals surface area contributed by atoms with E-state index in [2.05, 4.69) is 19.1 Å². The van der Waals surface area contributed by atoms with Gasteiger partial charge in [0, 0.05) is 24.9 Å². The molecule has 3 N–H and O–H groups in total. The van der Waals surface area contributed by atoms with E-state index < -0.39 is 43.6 Å². The SMILES string of the molecule is CC1=CCC(CN=c2[nH][s+]([O-])nc2Nc2ccc(C(F)(F)F)c(S(=O)(=O)N(C)C)c2O)O1. The Morgan fingerprint density at radius 1 is 1.44 bits per heavy atom. The predicted octanol–water partition coefficient (Wildman–Crippen LogP) is 2.45. The Morgan fingerprint density at radius 2 is 2.12 bits per heavy atom. The van der Waals surface area contributed by atoms with Crippen LogP contribution in [0.3, 0.4) is 0 Å². The van der Waals surface area contributed by atoms with Gasteiger partial charge in [0.2, 0.25) is 21.3 Å². The van der Waals surface area contributed by atoms with Crippen LogP contribution in [0.5, 0.6) is 5.75 Å². The summed E-state index contributed by atoms with van der Waals surface area (Å²) in [7, 11) is -2.60. The molecular formula is C17H20F3N5O5S2. The Labute approximate surface area is 184 Å². The molecule has 0 aliphatic carbocycles. The van der Waals surface area contributed by atoms with Crippen LogP contribution in [0.2, 0.25) is 0 Å². The predicted molar refractivity (Wildman–Crippen MR) is 108 cm³/mol. The van der Waals surface area contributed by atoms with Gasteiger partial charge in [0.15, 0.2) is 16.9 Å². The first-order valence-corrected chi connectivity index (χ1v) is 11.6. The van der Waals surface area contributed by atoms with Crippen molar-refractivity contribution in [2.75, 3.05) is 26.0 Å². The van der Waals surface area contributed by atoms with Crippen molar-refractivity contribution in [1.29, 1.82) is 0 Å². The van der Waals surface area contributed by atoms with Gasteiger partial charge in [-0.05, 0) is 25.1 Å². The smallest absolute Gasteiger partial charge is 0.417 e. The fraction of sp³-hybridized carbons (Fsp3) is 0.412. The molecule has 10 nitrogen and oxygen atoms in total. The number of ether oxygens (including phenoxy) is 1. The van der Waals surface area contributed by atoms with E-state index in [0.717, 1.165) is 25.9 Å². The van der Waals surface area contributed by atoms with Crippen molar-refractivity contribution in [3.63, 3.8) is 0 Å². The lowest BCUT2D eigenvalue weighted by Gasteiger charge is -2.19. The van der Waals surface area contributed by atoms with Crippen molar-refractivity contribution in [3.05, 3.63) is 35.0 Å². The van der Waals surface area contributed by atoms with Crippen molar-refractivity contribution >= 4 is 32.7 Å². The van der Waals surface area contributed by atoms with Gasteiger partial charge in [-0.25, -0.2) is 12.7 Å². The molecule has 2 aromatic rings. The molecule has 0 amide bonds. The Hall–Kier alpha value is -2.62. The molecule has 1 aliphatic heterocycles. The zero-order valence-corrected chi connectivity index (χ0v) is 18.7. The number of alkyl halides is 3. The van der Waals surface area contributed by atoms with Gasteiger partial charge in [0.1, 0.15) is 11.0 Å². The van der Waals surface area contributed by atoms with Crippen LogP contribution < -0.4 is 10.8 Å². The molecule has 15 heteroatoms. The maximum atomic E-state index is 13.4. The summed E-state index contributed by atoms with van der Waals surface area (Å²) >= 11 is -1.92. The molecular weight excluding hydrogens is 475 g/mol. The molecule has 0 spiro atoms. The van der Waals surface area contributed by atoms with Crippen LogP contribution in [0.1, 0.15) is 18.9 Å². The summed E-state index contributed by atoms with van der Waals surface area (Å²) in [5.74, 6) is -0.559. The molecule has 2 atom stereocenters. The summed E-state index contributed by atoms with van der Waals surface area (Å²) in [5.41, 5.74) is -1.90. The number of nitrogens with zero attached hydrogens (tertiary/aromatic N) is 3. The second-order valence-electron chi connectivity index (χ2n) is 7.02. The van der Waals surface area contributed by atoms with Gasteiger partial charge in [-0.1, -0.05) is 0 Å². The summed E-state index contributed by atoms with van der Waals surface area (Å²) in [6, 6.07) is 1.37. The van der Waals surface area contributed by atoms with E-state index in [0.29, 0.717) is 16.8 Å². The molecule has 0 saturated heterocycles. The molecule has 2 unspecified atom stereocenters. The lowest BCUT2D eigenvalue weighted by molar-refractivity contribution is -0.140. The molecule has 1 aromatic heterocycles. The summed E-state index contributed by atoms with van der Waals surface area (Å²) in [6.45, 7) is 1.96. The number of aromatic hydroxyl groups is 1. The van der Waals surface area contributed by atoms with Crippen LogP contribution >= 0.6 is 11.1 Å². The van der Waals surface area contributed by atoms with Crippen molar-refractivity contribution in [2.24, 2.45) is 4.99 Å². The number of anilines is 2. The van der Waals surface area contributed by atoms with Gasteiger partial charge in [-0.15, -0.1) is 4.37 Å². The largest absolute Gasteiger partial charge is 0.548 e. The zero-order valence-electron chi connectivity index (χ0n) is 17.1. The Morgan fingerprint density at radius 3 is 2.69 bits per heavy atom. The minimum atomic E-state index is -5.04. The molecule has 0 saturated carbocycles. The van der Waals surface area contributed by atoms with Crippen LogP contribution in [0.25, 0.3) is 0 Å². The topological polar surface area (TPSA) is 143 Å². The summed E-state index contributed by atoms with van der Waals surface area (Å²) in [5, 5.41) is 13.0. The number of H-pyrrole nitrogens is 1. The highest BCUT2D eigenvalue weighted by atomic mass is 32.2. The van der Waals surface area contributed by atoms with Crippen LogP contribution in [0.4, 0.5) is 24.7 Å². The average Bonchev–Trinajstić information content (AvgIpc) is 3.25. The number of benzene rings is 1. The molecule has 0 fully saturated rings. The van der Waals surface area contributed by atoms with E-state index in [1.165, 1.54) is 0 Å². The number of phenolic OH excluding ortho intramolecular Hbond substituents is 1. The van der Waals surface area contributed by atoms with Gasteiger partial charge in [0.05, 0.1) is 23.6 Å². The fourth-order valence-electron chi connectivity index (χ4n) is 2.90. The number of aromatic nitrogens is 2. The maximum Gasteiger partial charge on any atom is 0.417 e. The van der Waals surface area contributed by atoms with Crippen LogP contribution in [-0.2, 0) is 20.9 Å². The zero-order chi connectivity index (χ0) is 23.8. The second kappa shape index (κ2) is 8.73. The van der Waals surface area contributed by atoms with E-state index in [9.17, 15) is 31.2 Å². The molecule has 176 valence electrons. The van der Waals surface area contributed by atoms with Crippen molar-refractivity contribution in [2.45, 2.75) is 30.5 Å². The lowest BCUT2D eigenvalue weighted by atomic mass is 10.1. The van der Waals surface area contributed by atoms with E-state index >= 15 is 0 Å². The van der Waals surface area contributed by atoms with Gasteiger partial charge in [-0.3, -0.25) is 4.99 Å². The number of nitrogens with one attached hydrogen (secondary N) is 2. The third-order valence-electron chi connectivity index (χ3n) is 4.48. The van der Waals surface area contributed by atoms with Gasteiger partial charge in [0.25, 0.3) is 0 Å². The minimum absolute atomic E-state index is 0.0211. The number of hydrogen-bond acceptors (Lipinski definition) is 8. The van der Waals surface area contributed by atoms with Crippen LogP contribution in [-0.4, -0.2) is 57.9 Å². The quantitative estimate of drug-likeness (QED) is 0.413. The summed E-state index contributed by atoms with van der Waals surface area (Å²) in [4.78, 5) is 2.91. The van der Waals surface area contributed by atoms with Gasteiger partial charge < -0.3 is 19.7 Å². The van der Waals surface area contributed by atoms with Crippen molar-refractivity contribution < 1.29 is 36.0 Å². The second-order valence-corrected chi connectivity index (χ2v) is 9.99. The number of phenols is 1. The number of sulfonamides is 1. The third-order valence-corrected chi connectivity index (χ3v) is 7.09. The molecule has 2 heterocycles. The highest BCUT2D eigenvalue weighted by Gasteiger charge is 2.40. The van der Waals surface area contributed by atoms with E-state index in [1.807, 2.05) is 6.08 Å². The number of halogens is 3. The summed E-state index contributed by atoms with van der Waals surface area (Å²) < 4.78 is 89.4. The first-order valence-electron chi connectivity index (χ1n) is 9.09. The van der Waals surface area contributed by atoms with E-state index in [1.54, 1.807) is 6.92 Å². The molecule has 1 aromatic carbocycles. The molecule has 3 rings (SSSR count). The summed E-state index contributed by atoms with van der Waals surface area (Å²) in [6.07, 6.45) is -2.78. The fourth-order valence-corrected chi connectivity index (χ4v) is 4.75. The standard InChI is InChI=1S/C17H20F3N5O5S2/c1-9-4-5-10(30-9)8-21-15-16(24-31(27)23-15)22-12-7-6-11(17(18,19)20)14(13(12)26)32(28,29)25(2)3/h4,6-7,10,26H,5,8H2,1-3H3,(H,21,23)(H,22,24). The van der Waals surface area contributed by atoms with Crippen molar-refractivity contribution in [3.8, 4) is 5.75 Å². The normalized spacial score (nSPS) is 18.1. The van der Waals surface area contributed by atoms with Gasteiger partial charge in [-0.2, -0.15) is 13.2 Å². The highest BCUT2D eigenvalue weighted by molar-refractivity contribution is 7.89. The Balaban J connectivity index is 2.02. The highest BCUT2D eigenvalue weighted by Crippen LogP contribution is 2.43. The maximum absolute atomic E-state index is 13.4. The Bertz CT molecular complexity index is 1220. The lowest BCUT2D eigenvalue weighted by Crippen LogP contribution is -2.25. The molecule has 1 aliphatic rings. The van der Waals surface area contributed by atoms with Crippen LogP contribution in [0, 0.1) is 0 Å². The average molecular weight is 496 g/mol. The minimum Gasteiger partial charge on any atom is -0.548 e. The van der Waals surface area contributed by atoms with E-state index in [4.69, 9.17) is 4.74 Å². The van der Waals surface area contributed by atoms with Crippen LogP contribution in [0.15, 0.2) is 33.9 Å². The monoisotopic (exact) mass is 495 g/mol. The Kier molecular flexibility index (Phi) is 6.55. The van der Waals surface area contributed by atoms with Gasteiger partial charge >= 0.3 is 6.18 Å². The third kappa shape index (κ3) is 4.90. The number of allylic oxidation sites excluding steroid dienone is 1. The molecule has 0 bridgehead atoms. The number of hydrogen-bond donors (Lipinski definition) is 3. The number of rotatable bonds is 6. The molecule has 0 radical (unpaired) electrons. The first-order chi connectivity index (χ1) is 14.8. The number of aromatic amines is 1. The van der Waals surface area contributed by atoms with E-state index in [-0.39, 0.29) is 29.6 Å².